The van der Waals surface area contributed by atoms with Crippen LogP contribution in [0.1, 0.15) is 6.92 Å². The Balaban J connectivity index is 1.26. The molecular formula is C29H29ClN6O4. The number of carbonyl (C=O) groups excluding carboxylic acids is 2. The highest BCUT2D eigenvalue weighted by Crippen LogP contribution is 2.40. The van der Waals surface area contributed by atoms with Gasteiger partial charge in [0.15, 0.2) is 12.3 Å². The Morgan fingerprint density at radius 3 is 2.42 bits per heavy atom. The van der Waals surface area contributed by atoms with Gasteiger partial charge >= 0.3 is 5.91 Å². The summed E-state index contributed by atoms with van der Waals surface area (Å²) < 4.78 is 7.24. The van der Waals surface area contributed by atoms with Crippen LogP contribution in [0.5, 0.6) is 11.6 Å². The summed E-state index contributed by atoms with van der Waals surface area (Å²) in [7, 11) is 0. The van der Waals surface area contributed by atoms with Gasteiger partial charge in [-0.3, -0.25) is 19.1 Å². The number of para-hydroxylation sites is 1. The minimum Gasteiger partial charge on any atom is -0.493 e. The highest BCUT2D eigenvalue weighted by atomic mass is 35.5. The van der Waals surface area contributed by atoms with E-state index in [4.69, 9.17) is 16.3 Å². The minimum absolute atomic E-state index is 0.0891. The molecular weight excluding hydrogens is 532 g/mol. The second-order valence-corrected chi connectivity index (χ2v) is 9.87. The third-order valence-corrected chi connectivity index (χ3v) is 6.84. The third kappa shape index (κ3) is 6.41. The number of carbonyl (C=O) groups is 2. The number of fused-ring (bicyclic) bond motifs is 1. The molecule has 1 fully saturated rings. The molecule has 0 atom stereocenters. The summed E-state index contributed by atoms with van der Waals surface area (Å²) in [5.41, 5.74) is 2.73. The number of hydrogen-bond donors (Lipinski definition) is 2. The van der Waals surface area contributed by atoms with Crippen molar-refractivity contribution in [1.29, 1.82) is 0 Å². The van der Waals surface area contributed by atoms with Gasteiger partial charge in [0.25, 0.3) is 0 Å². The number of aromatic nitrogens is 1. The molecule has 4 aromatic rings. The highest BCUT2D eigenvalue weighted by Gasteiger charge is 2.22. The number of nitrogens with zero attached hydrogens (tertiary/aromatic N) is 5. The molecule has 0 saturated carbocycles. The van der Waals surface area contributed by atoms with Crippen molar-refractivity contribution in [2.45, 2.75) is 13.6 Å². The van der Waals surface area contributed by atoms with Gasteiger partial charge in [0, 0.05) is 54.9 Å². The van der Waals surface area contributed by atoms with Gasteiger partial charge in [-0.25, -0.2) is 0 Å². The predicted molar refractivity (Wildman–Crippen MR) is 155 cm³/mol. The molecule has 0 spiro atoms. The first-order valence-corrected chi connectivity index (χ1v) is 13.2. The van der Waals surface area contributed by atoms with Gasteiger partial charge in [-0.2, -0.15) is 0 Å². The summed E-state index contributed by atoms with van der Waals surface area (Å²) in [5, 5.41) is 22.7. The van der Waals surface area contributed by atoms with E-state index in [2.05, 4.69) is 37.5 Å². The van der Waals surface area contributed by atoms with E-state index < -0.39 is 5.91 Å². The van der Waals surface area contributed by atoms with Gasteiger partial charge in [0.1, 0.15) is 5.75 Å². The molecule has 2 N–H and O–H groups in total. The van der Waals surface area contributed by atoms with Gasteiger partial charge in [-0.1, -0.05) is 29.8 Å². The molecule has 3 aromatic carbocycles. The molecule has 1 aliphatic heterocycles. The fourth-order valence-corrected chi connectivity index (χ4v) is 4.81. The van der Waals surface area contributed by atoms with Gasteiger partial charge in [0.05, 0.1) is 12.2 Å². The maximum atomic E-state index is 12.4. The van der Waals surface area contributed by atoms with Gasteiger partial charge in [-0.05, 0) is 54.6 Å². The van der Waals surface area contributed by atoms with Crippen molar-refractivity contribution < 1.29 is 19.4 Å². The molecule has 0 radical (unpaired) electrons. The SMILES string of the molecule is CC(=O)Nc1ccc(OCC(=O)N=Nc2c(O)n(CN3CCN(c4ccccc4)CC3)c3ccc(Cl)cc23)cc1. The van der Waals surface area contributed by atoms with Crippen LogP contribution in [0, 0.1) is 0 Å². The second kappa shape index (κ2) is 12.2. The molecule has 1 aromatic heterocycles. The molecule has 40 heavy (non-hydrogen) atoms. The number of ether oxygens (including phenoxy) is 1. The van der Waals surface area contributed by atoms with Crippen molar-refractivity contribution >= 4 is 51.4 Å². The Bertz CT molecular complexity index is 1530. The number of azo groups is 1. The first kappa shape index (κ1) is 27.2. The Morgan fingerprint density at radius 2 is 1.73 bits per heavy atom. The molecule has 0 aliphatic carbocycles. The lowest BCUT2D eigenvalue weighted by atomic mass is 10.2. The van der Waals surface area contributed by atoms with E-state index in [0.717, 1.165) is 31.7 Å². The van der Waals surface area contributed by atoms with Crippen molar-refractivity contribution in [2.75, 3.05) is 43.0 Å². The van der Waals surface area contributed by atoms with Crippen LogP contribution >= 0.6 is 11.6 Å². The van der Waals surface area contributed by atoms with Crippen LogP contribution in [0.2, 0.25) is 5.02 Å². The Labute approximate surface area is 236 Å². The number of aromatic hydroxyl groups is 1. The summed E-state index contributed by atoms with van der Waals surface area (Å²) in [4.78, 5) is 28.2. The lowest BCUT2D eigenvalue weighted by Crippen LogP contribution is -2.46. The average molecular weight is 561 g/mol. The van der Waals surface area contributed by atoms with Gasteiger partial charge in [-0.15, -0.1) is 10.2 Å². The quantitative estimate of drug-likeness (QED) is 0.278. The molecule has 0 unspecified atom stereocenters. The van der Waals surface area contributed by atoms with Crippen molar-refractivity contribution in [3.8, 4) is 11.6 Å². The molecule has 11 heteroatoms. The summed E-state index contributed by atoms with van der Waals surface area (Å²) in [6.07, 6.45) is 0. The zero-order chi connectivity index (χ0) is 28.1. The molecule has 5 rings (SSSR count). The van der Waals surface area contributed by atoms with E-state index in [1.807, 2.05) is 24.3 Å². The normalized spacial score (nSPS) is 14.1. The first-order valence-electron chi connectivity index (χ1n) is 12.9. The number of rotatable bonds is 8. The topological polar surface area (TPSA) is 112 Å². The van der Waals surface area contributed by atoms with Crippen molar-refractivity contribution in [3.63, 3.8) is 0 Å². The molecule has 0 bridgehead atoms. The summed E-state index contributed by atoms with van der Waals surface area (Å²) >= 11 is 6.25. The fraction of sp³-hybridized carbons (Fsp3) is 0.241. The van der Waals surface area contributed by atoms with Crippen LogP contribution in [0.4, 0.5) is 17.1 Å². The van der Waals surface area contributed by atoms with E-state index in [0.29, 0.717) is 28.5 Å². The lowest BCUT2D eigenvalue weighted by molar-refractivity contribution is -0.120. The van der Waals surface area contributed by atoms with Crippen LogP contribution < -0.4 is 15.0 Å². The molecule has 2 heterocycles. The lowest BCUT2D eigenvalue weighted by Gasteiger charge is -2.36. The summed E-state index contributed by atoms with van der Waals surface area (Å²) in [6, 6.07) is 22.2. The van der Waals surface area contributed by atoms with Crippen LogP contribution in [-0.2, 0) is 16.3 Å². The Kier molecular flexibility index (Phi) is 8.28. The van der Waals surface area contributed by atoms with Crippen molar-refractivity contribution in [3.05, 3.63) is 77.8 Å². The minimum atomic E-state index is -0.620. The average Bonchev–Trinajstić information content (AvgIpc) is 3.21. The zero-order valence-electron chi connectivity index (χ0n) is 22.0. The number of halogens is 1. The molecule has 2 amide bonds. The molecule has 206 valence electrons. The van der Waals surface area contributed by atoms with Gasteiger partial charge < -0.3 is 20.1 Å². The monoisotopic (exact) mass is 560 g/mol. The smallest absolute Gasteiger partial charge is 0.302 e. The molecule has 1 aliphatic rings. The van der Waals surface area contributed by atoms with Crippen molar-refractivity contribution in [1.82, 2.24) is 9.47 Å². The zero-order valence-corrected chi connectivity index (χ0v) is 22.7. The van der Waals surface area contributed by atoms with Crippen LogP contribution in [-0.4, -0.2) is 59.2 Å². The molecule has 1 saturated heterocycles. The summed E-state index contributed by atoms with van der Waals surface area (Å²) in [6.45, 7) is 4.91. The predicted octanol–water partition coefficient (Wildman–Crippen LogP) is 5.43. The standard InChI is InChI=1S/C29H29ClN6O4/c1-20(37)31-22-8-10-24(11-9-22)40-18-27(38)32-33-28-25-17-21(30)7-12-26(25)36(29(28)39)19-34-13-15-35(16-14-34)23-5-3-2-4-6-23/h2-12,17,39H,13-16,18-19H2,1H3,(H,31,37). The number of benzene rings is 3. The van der Waals surface area contributed by atoms with E-state index in [1.165, 1.54) is 12.6 Å². The van der Waals surface area contributed by atoms with Crippen LogP contribution in [0.25, 0.3) is 10.9 Å². The number of hydrogen-bond acceptors (Lipinski definition) is 7. The summed E-state index contributed by atoms with van der Waals surface area (Å²) in [5.74, 6) is -0.448. The first-order chi connectivity index (χ1) is 19.4. The number of anilines is 2. The number of amides is 2. The third-order valence-electron chi connectivity index (χ3n) is 6.61. The Morgan fingerprint density at radius 1 is 1.00 bits per heavy atom. The number of piperazine rings is 1. The largest absolute Gasteiger partial charge is 0.493 e. The van der Waals surface area contributed by atoms with E-state index in [1.54, 1.807) is 41.0 Å². The highest BCUT2D eigenvalue weighted by molar-refractivity contribution is 6.31. The van der Waals surface area contributed by atoms with Crippen molar-refractivity contribution in [2.24, 2.45) is 10.2 Å². The number of nitrogens with one attached hydrogen (secondary N) is 1. The fourth-order valence-electron chi connectivity index (χ4n) is 4.64. The van der Waals surface area contributed by atoms with E-state index in [9.17, 15) is 14.7 Å². The van der Waals surface area contributed by atoms with E-state index >= 15 is 0 Å². The van der Waals surface area contributed by atoms with Crippen LogP contribution in [0.3, 0.4) is 0 Å². The second-order valence-electron chi connectivity index (χ2n) is 9.43. The van der Waals surface area contributed by atoms with E-state index in [-0.39, 0.29) is 24.1 Å². The molecule has 10 nitrogen and oxygen atoms in total. The Hall–Kier alpha value is -4.41. The maximum Gasteiger partial charge on any atom is 0.302 e. The maximum absolute atomic E-state index is 12.4. The van der Waals surface area contributed by atoms with Gasteiger partial charge in [0.2, 0.25) is 11.8 Å². The van der Waals surface area contributed by atoms with Crippen LogP contribution in [0.15, 0.2) is 83.0 Å².